The summed E-state index contributed by atoms with van der Waals surface area (Å²) in [5.41, 5.74) is 11.3. The molecular formula is C7H9N3O. The summed E-state index contributed by atoms with van der Waals surface area (Å²) in [6, 6.07) is 3.45. The number of carbonyl (C=O) groups excluding carboxylic acids is 1. The van der Waals surface area contributed by atoms with Crippen LogP contribution in [-0.2, 0) is 6.54 Å². The van der Waals surface area contributed by atoms with Gasteiger partial charge in [-0.05, 0) is 11.6 Å². The van der Waals surface area contributed by atoms with E-state index < -0.39 is 5.91 Å². The number of pyridine rings is 1. The summed E-state index contributed by atoms with van der Waals surface area (Å²) in [6.07, 6.45) is 1.51. The molecule has 58 valence electrons. The molecule has 4 nitrogen and oxygen atoms in total. The predicted octanol–water partition coefficient (Wildman–Crippen LogP) is -0.361. The van der Waals surface area contributed by atoms with Crippen LogP contribution in [0.15, 0.2) is 18.3 Å². The summed E-state index contributed by atoms with van der Waals surface area (Å²) in [5, 5.41) is 0. The number of hydrogen-bond donors (Lipinski definition) is 2. The van der Waals surface area contributed by atoms with Gasteiger partial charge in [0.25, 0.3) is 5.91 Å². The first-order valence-corrected chi connectivity index (χ1v) is 3.19. The maximum atomic E-state index is 10.7. The van der Waals surface area contributed by atoms with Crippen LogP contribution in [0.1, 0.15) is 16.1 Å². The zero-order chi connectivity index (χ0) is 8.27. The Morgan fingerprint density at radius 1 is 1.64 bits per heavy atom. The van der Waals surface area contributed by atoms with Crippen LogP contribution in [0, 0.1) is 0 Å². The third kappa shape index (κ3) is 1.53. The number of primary amides is 1. The number of carbonyl (C=O) groups is 1. The Bertz CT molecular complexity index is 272. The van der Waals surface area contributed by atoms with Crippen LogP contribution in [0.3, 0.4) is 0 Å². The van der Waals surface area contributed by atoms with Gasteiger partial charge in [-0.1, -0.05) is 6.07 Å². The fourth-order valence-corrected chi connectivity index (χ4v) is 0.825. The Morgan fingerprint density at radius 2 is 2.36 bits per heavy atom. The van der Waals surface area contributed by atoms with Gasteiger partial charge in [-0.2, -0.15) is 0 Å². The van der Waals surface area contributed by atoms with E-state index in [2.05, 4.69) is 4.98 Å². The zero-order valence-corrected chi connectivity index (χ0v) is 5.95. The number of aromatic nitrogens is 1. The van der Waals surface area contributed by atoms with Crippen molar-refractivity contribution in [2.75, 3.05) is 0 Å². The molecule has 4 N–H and O–H groups in total. The highest BCUT2D eigenvalue weighted by Crippen LogP contribution is 2.01. The number of nitrogens with zero attached hydrogens (tertiary/aromatic N) is 1. The molecule has 0 unspecified atom stereocenters. The van der Waals surface area contributed by atoms with Gasteiger partial charge in [0.15, 0.2) is 0 Å². The first kappa shape index (κ1) is 7.68. The van der Waals surface area contributed by atoms with Crippen molar-refractivity contribution in [3.8, 4) is 0 Å². The highest BCUT2D eigenvalue weighted by Gasteiger charge is 2.05. The minimum Gasteiger partial charge on any atom is -0.364 e. The fraction of sp³-hybridized carbons (Fsp3) is 0.143. The lowest BCUT2D eigenvalue weighted by Crippen LogP contribution is -2.17. The molecule has 1 amide bonds. The van der Waals surface area contributed by atoms with E-state index >= 15 is 0 Å². The molecule has 0 aliphatic rings. The first-order valence-electron chi connectivity index (χ1n) is 3.19. The number of hydrogen-bond acceptors (Lipinski definition) is 3. The molecule has 0 bridgehead atoms. The van der Waals surface area contributed by atoms with E-state index in [1.165, 1.54) is 6.20 Å². The van der Waals surface area contributed by atoms with Crippen LogP contribution in [0.2, 0.25) is 0 Å². The molecule has 0 aliphatic heterocycles. The van der Waals surface area contributed by atoms with Crippen molar-refractivity contribution < 1.29 is 4.79 Å². The molecule has 0 saturated carbocycles. The van der Waals surface area contributed by atoms with Crippen molar-refractivity contribution >= 4 is 5.91 Å². The van der Waals surface area contributed by atoms with E-state index in [0.29, 0.717) is 5.56 Å². The number of amides is 1. The van der Waals surface area contributed by atoms with E-state index in [-0.39, 0.29) is 12.2 Å². The second-order valence-corrected chi connectivity index (χ2v) is 2.08. The van der Waals surface area contributed by atoms with Crippen molar-refractivity contribution in [1.29, 1.82) is 0 Å². The molecular weight excluding hydrogens is 142 g/mol. The van der Waals surface area contributed by atoms with Gasteiger partial charge >= 0.3 is 0 Å². The Labute approximate surface area is 64.2 Å². The molecule has 0 fully saturated rings. The molecule has 1 rings (SSSR count). The van der Waals surface area contributed by atoms with Crippen molar-refractivity contribution in [3.63, 3.8) is 0 Å². The first-order chi connectivity index (χ1) is 5.25. The van der Waals surface area contributed by atoms with Gasteiger partial charge in [0, 0.05) is 12.7 Å². The van der Waals surface area contributed by atoms with Crippen molar-refractivity contribution in [2.45, 2.75) is 6.54 Å². The SMILES string of the molecule is NCc1cccnc1C(N)=O. The van der Waals surface area contributed by atoms with E-state index in [1.54, 1.807) is 12.1 Å². The summed E-state index contributed by atoms with van der Waals surface area (Å²) < 4.78 is 0. The van der Waals surface area contributed by atoms with Crippen molar-refractivity contribution in [2.24, 2.45) is 11.5 Å². The van der Waals surface area contributed by atoms with Gasteiger partial charge in [0.2, 0.25) is 0 Å². The van der Waals surface area contributed by atoms with Crippen LogP contribution in [0.4, 0.5) is 0 Å². The highest BCUT2D eigenvalue weighted by atomic mass is 16.1. The second kappa shape index (κ2) is 3.12. The largest absolute Gasteiger partial charge is 0.364 e. The molecule has 1 aromatic rings. The molecule has 1 aromatic heterocycles. The van der Waals surface area contributed by atoms with Gasteiger partial charge in [0.1, 0.15) is 5.69 Å². The topological polar surface area (TPSA) is 82.0 Å². The highest BCUT2D eigenvalue weighted by molar-refractivity contribution is 5.92. The summed E-state index contributed by atoms with van der Waals surface area (Å²) >= 11 is 0. The van der Waals surface area contributed by atoms with E-state index in [9.17, 15) is 4.79 Å². The number of nitrogens with two attached hydrogens (primary N) is 2. The average molecular weight is 151 g/mol. The predicted molar refractivity (Wildman–Crippen MR) is 40.6 cm³/mol. The van der Waals surface area contributed by atoms with Crippen molar-refractivity contribution in [1.82, 2.24) is 4.98 Å². The smallest absolute Gasteiger partial charge is 0.267 e. The normalized spacial score (nSPS) is 9.55. The van der Waals surface area contributed by atoms with Gasteiger partial charge in [0.05, 0.1) is 0 Å². The summed E-state index contributed by atoms with van der Waals surface area (Å²) in [7, 11) is 0. The molecule has 0 aliphatic carbocycles. The molecule has 0 aromatic carbocycles. The minimum atomic E-state index is -0.536. The Morgan fingerprint density at radius 3 is 2.82 bits per heavy atom. The maximum Gasteiger partial charge on any atom is 0.267 e. The standard InChI is InChI=1S/C7H9N3O/c8-4-5-2-1-3-10-6(5)7(9)11/h1-3H,4,8H2,(H2,9,11). The lowest BCUT2D eigenvalue weighted by molar-refractivity contribution is 0.0994. The van der Waals surface area contributed by atoms with Crippen LogP contribution >= 0.6 is 0 Å². The Hall–Kier alpha value is -1.42. The van der Waals surface area contributed by atoms with Crippen molar-refractivity contribution in [3.05, 3.63) is 29.6 Å². The molecule has 1 heterocycles. The molecule has 0 radical (unpaired) electrons. The summed E-state index contributed by atoms with van der Waals surface area (Å²) in [6.45, 7) is 0.284. The lowest BCUT2D eigenvalue weighted by atomic mass is 10.2. The lowest BCUT2D eigenvalue weighted by Gasteiger charge is -2.00. The summed E-state index contributed by atoms with van der Waals surface area (Å²) in [5.74, 6) is -0.536. The Balaban J connectivity index is 3.12. The second-order valence-electron chi connectivity index (χ2n) is 2.08. The third-order valence-corrected chi connectivity index (χ3v) is 1.34. The minimum absolute atomic E-state index is 0.259. The maximum absolute atomic E-state index is 10.7. The van der Waals surface area contributed by atoms with Crippen LogP contribution in [0.25, 0.3) is 0 Å². The van der Waals surface area contributed by atoms with Gasteiger partial charge in [-0.3, -0.25) is 9.78 Å². The molecule has 0 atom stereocenters. The average Bonchev–Trinajstić information content (AvgIpc) is 2.04. The summed E-state index contributed by atoms with van der Waals surface area (Å²) in [4.78, 5) is 14.5. The quantitative estimate of drug-likeness (QED) is 0.605. The zero-order valence-electron chi connectivity index (χ0n) is 5.95. The molecule has 4 heteroatoms. The monoisotopic (exact) mass is 151 g/mol. The molecule has 0 spiro atoms. The van der Waals surface area contributed by atoms with Gasteiger partial charge in [-0.25, -0.2) is 0 Å². The Kier molecular flexibility index (Phi) is 2.18. The van der Waals surface area contributed by atoms with Gasteiger partial charge < -0.3 is 11.5 Å². The van der Waals surface area contributed by atoms with E-state index in [0.717, 1.165) is 0 Å². The van der Waals surface area contributed by atoms with Gasteiger partial charge in [-0.15, -0.1) is 0 Å². The number of rotatable bonds is 2. The molecule has 11 heavy (non-hydrogen) atoms. The molecule has 0 saturated heterocycles. The van der Waals surface area contributed by atoms with Crippen LogP contribution in [-0.4, -0.2) is 10.9 Å². The third-order valence-electron chi connectivity index (χ3n) is 1.34. The fourth-order valence-electron chi connectivity index (χ4n) is 0.825. The van der Waals surface area contributed by atoms with E-state index in [4.69, 9.17) is 11.5 Å². The van der Waals surface area contributed by atoms with Crippen LogP contribution < -0.4 is 11.5 Å². The van der Waals surface area contributed by atoms with Crippen LogP contribution in [0.5, 0.6) is 0 Å². The van der Waals surface area contributed by atoms with E-state index in [1.807, 2.05) is 0 Å².